The van der Waals surface area contributed by atoms with Crippen molar-refractivity contribution in [3.05, 3.63) is 23.8 Å². The number of carbonyl (C=O) groups is 4. The minimum Gasteiger partial charge on any atom is -0.477 e. The second kappa shape index (κ2) is 17.5. The molecule has 10 nitrogen and oxygen atoms in total. The van der Waals surface area contributed by atoms with Gasteiger partial charge in [-0.15, -0.1) is 0 Å². The van der Waals surface area contributed by atoms with Gasteiger partial charge in [0.1, 0.15) is 0 Å². The molecule has 0 aliphatic heterocycles. The molecule has 0 bridgehead atoms. The minimum atomic E-state index is -2.16. The number of unbranched alkanes of at least 4 members (excludes halogenated alkanes) is 1. The lowest BCUT2D eigenvalue weighted by molar-refractivity contribution is -0.167. The van der Waals surface area contributed by atoms with Gasteiger partial charge in [-0.1, -0.05) is 66.9 Å². The Morgan fingerprint density at radius 3 is 1.95 bits per heavy atom. The van der Waals surface area contributed by atoms with E-state index in [1.807, 2.05) is 27.7 Å². The molecule has 1 aromatic carbocycles. The molecule has 10 heteroatoms. The van der Waals surface area contributed by atoms with Gasteiger partial charge >= 0.3 is 24.1 Å². The van der Waals surface area contributed by atoms with Crippen molar-refractivity contribution in [3.8, 4) is 11.5 Å². The second-order valence-corrected chi connectivity index (χ2v) is 10.3. The van der Waals surface area contributed by atoms with Gasteiger partial charge in [0, 0.05) is 12.5 Å². The number of benzene rings is 1. The van der Waals surface area contributed by atoms with Crippen LogP contribution in [0.1, 0.15) is 99.0 Å². The first-order valence-corrected chi connectivity index (χ1v) is 14.4. The summed E-state index contributed by atoms with van der Waals surface area (Å²) < 4.78 is 21.7. The van der Waals surface area contributed by atoms with E-state index in [-0.39, 0.29) is 36.5 Å². The molecule has 0 spiro atoms. The Morgan fingerprint density at radius 1 is 0.875 bits per heavy atom. The van der Waals surface area contributed by atoms with Crippen LogP contribution in [0.25, 0.3) is 0 Å². The van der Waals surface area contributed by atoms with Gasteiger partial charge in [-0.25, -0.2) is 9.59 Å². The predicted molar refractivity (Wildman–Crippen MR) is 150 cm³/mol. The molecule has 0 saturated carbocycles. The summed E-state index contributed by atoms with van der Waals surface area (Å²) >= 11 is 0. The predicted octanol–water partition coefficient (Wildman–Crippen LogP) is 6.03. The fourth-order valence-corrected chi connectivity index (χ4v) is 3.90. The van der Waals surface area contributed by atoms with Crippen LogP contribution in [0.2, 0.25) is 0 Å². The van der Waals surface area contributed by atoms with Gasteiger partial charge < -0.3 is 24.1 Å². The summed E-state index contributed by atoms with van der Waals surface area (Å²) in [5.41, 5.74) is -1.80. The Balaban J connectivity index is 3.46. The van der Waals surface area contributed by atoms with Crippen molar-refractivity contribution >= 4 is 24.1 Å². The van der Waals surface area contributed by atoms with Crippen LogP contribution < -0.4 is 14.8 Å². The van der Waals surface area contributed by atoms with Crippen molar-refractivity contribution in [1.82, 2.24) is 5.32 Å². The summed E-state index contributed by atoms with van der Waals surface area (Å²) in [7, 11) is 0. The third-order valence-electron chi connectivity index (χ3n) is 6.54. The van der Waals surface area contributed by atoms with Gasteiger partial charge in [0.25, 0.3) is 5.72 Å². The van der Waals surface area contributed by atoms with E-state index < -0.39 is 35.7 Å². The summed E-state index contributed by atoms with van der Waals surface area (Å²) in [5, 5.41) is 13.1. The Morgan fingerprint density at radius 2 is 1.45 bits per heavy atom. The molecule has 1 rings (SSSR count). The van der Waals surface area contributed by atoms with Crippen LogP contribution in [-0.2, 0) is 30.3 Å². The molecule has 2 N–H and O–H groups in total. The highest BCUT2D eigenvalue weighted by Gasteiger charge is 2.44. The fraction of sp³-hybridized carbons (Fsp3) is 0.667. The average Bonchev–Trinajstić information content (AvgIpc) is 2.90. The van der Waals surface area contributed by atoms with Gasteiger partial charge in [0.05, 0.1) is 18.4 Å². The van der Waals surface area contributed by atoms with Crippen molar-refractivity contribution in [1.29, 1.82) is 0 Å². The third-order valence-corrected chi connectivity index (χ3v) is 6.54. The number of aliphatic carboxylic acids is 1. The maximum Gasteiger partial charge on any atom is 0.510 e. The quantitative estimate of drug-likeness (QED) is 0.0938. The molecule has 0 heterocycles. The van der Waals surface area contributed by atoms with E-state index in [1.54, 1.807) is 26.8 Å². The summed E-state index contributed by atoms with van der Waals surface area (Å²) in [6, 6.07) is 4.11. The number of ether oxygens (including phenoxy) is 4. The zero-order valence-electron chi connectivity index (χ0n) is 25.0. The molecule has 0 aliphatic carbocycles. The number of hydrogen-bond donors (Lipinski definition) is 2. The maximum atomic E-state index is 12.8. The normalized spacial score (nSPS) is 14.8. The lowest BCUT2D eigenvalue weighted by atomic mass is 10.00. The van der Waals surface area contributed by atoms with Crippen LogP contribution in [0.15, 0.2) is 18.2 Å². The molecule has 4 atom stereocenters. The number of esters is 2. The zero-order valence-corrected chi connectivity index (χ0v) is 25.0. The van der Waals surface area contributed by atoms with Gasteiger partial charge in [0.2, 0.25) is 0 Å². The third kappa shape index (κ3) is 11.2. The molecule has 0 aromatic heterocycles. The lowest BCUT2D eigenvalue weighted by Crippen LogP contribution is -2.59. The summed E-state index contributed by atoms with van der Waals surface area (Å²) in [4.78, 5) is 50.5. The van der Waals surface area contributed by atoms with E-state index in [2.05, 4.69) is 5.32 Å². The zero-order chi connectivity index (χ0) is 30.3. The summed E-state index contributed by atoms with van der Waals surface area (Å²) in [6.07, 6.45) is 3.35. The molecular weight excluding hydrogens is 518 g/mol. The van der Waals surface area contributed by atoms with Gasteiger partial charge in [0.15, 0.2) is 11.5 Å². The highest BCUT2D eigenvalue weighted by Crippen LogP contribution is 2.32. The molecule has 0 radical (unpaired) electrons. The number of carbonyl (C=O) groups excluding carboxylic acids is 3. The molecular formula is C30H47NO9. The molecule has 40 heavy (non-hydrogen) atoms. The van der Waals surface area contributed by atoms with E-state index >= 15 is 0 Å². The van der Waals surface area contributed by atoms with E-state index in [9.17, 15) is 24.3 Å². The maximum absolute atomic E-state index is 12.8. The molecule has 226 valence electrons. The second-order valence-electron chi connectivity index (χ2n) is 10.3. The van der Waals surface area contributed by atoms with E-state index in [1.165, 1.54) is 12.1 Å². The first kappa shape index (κ1) is 34.9. The molecule has 1 aromatic rings. The summed E-state index contributed by atoms with van der Waals surface area (Å²) in [6.45, 7) is 13.1. The van der Waals surface area contributed by atoms with Crippen molar-refractivity contribution < 1.29 is 43.2 Å². The number of carboxylic acid groups (broad SMARTS) is 1. The minimum absolute atomic E-state index is 0.0177. The van der Waals surface area contributed by atoms with E-state index in [0.717, 1.165) is 19.3 Å². The van der Waals surface area contributed by atoms with Gasteiger partial charge in [-0.2, -0.15) is 0 Å². The lowest BCUT2D eigenvalue weighted by Gasteiger charge is -2.32. The van der Waals surface area contributed by atoms with Crippen LogP contribution in [0, 0.1) is 11.8 Å². The summed E-state index contributed by atoms with van der Waals surface area (Å²) in [5.74, 6) is -3.12. The van der Waals surface area contributed by atoms with Gasteiger partial charge in [-0.3, -0.25) is 14.9 Å². The number of hydrogen-bond acceptors (Lipinski definition) is 9. The van der Waals surface area contributed by atoms with Crippen LogP contribution in [0.3, 0.4) is 0 Å². The fourth-order valence-electron chi connectivity index (χ4n) is 3.90. The molecule has 3 unspecified atom stereocenters. The van der Waals surface area contributed by atoms with Crippen LogP contribution >= 0.6 is 0 Å². The molecule has 0 aliphatic rings. The van der Waals surface area contributed by atoms with Crippen molar-refractivity contribution in [2.75, 3.05) is 6.61 Å². The highest BCUT2D eigenvalue weighted by molar-refractivity contribution is 5.81. The average molecular weight is 566 g/mol. The Bertz CT molecular complexity index is 980. The Labute approximate surface area is 238 Å². The standard InChI is InChI=1S/C30H47NO9/c1-8-12-17-37-29(36)40-30(28(34)35,31-22(7)11-4)19-23-15-16-24(38-26(32)20(5)13-9-2)25(18-23)39-27(33)21(6)14-10-3/h15-16,18,20-22,31H,8-14,17,19H2,1-7H3,(H,34,35)/t20?,21?,22?,30-/m0/s1. The SMILES string of the molecule is CCCCOC(=O)O[C@](Cc1ccc(OC(=O)C(C)CCC)c(OC(=O)C(C)CCC)c1)(NC(C)CC)C(=O)O. The monoisotopic (exact) mass is 565 g/mol. The Hall–Kier alpha value is -3.14. The number of rotatable bonds is 18. The number of carboxylic acids is 1. The largest absolute Gasteiger partial charge is 0.510 e. The van der Waals surface area contributed by atoms with Crippen LogP contribution in [0.4, 0.5) is 4.79 Å². The number of nitrogens with one attached hydrogen (secondary N) is 1. The Kier molecular flexibility index (Phi) is 15.3. The molecule has 0 fully saturated rings. The van der Waals surface area contributed by atoms with Crippen molar-refractivity contribution in [2.45, 2.75) is 112 Å². The smallest absolute Gasteiger partial charge is 0.477 e. The first-order chi connectivity index (χ1) is 18.9. The molecule has 0 amide bonds. The van der Waals surface area contributed by atoms with Crippen molar-refractivity contribution in [3.63, 3.8) is 0 Å². The topological polar surface area (TPSA) is 137 Å². The van der Waals surface area contributed by atoms with E-state index in [4.69, 9.17) is 18.9 Å². The first-order valence-electron chi connectivity index (χ1n) is 14.4. The van der Waals surface area contributed by atoms with Crippen LogP contribution in [-0.4, -0.2) is 47.5 Å². The van der Waals surface area contributed by atoms with Crippen molar-refractivity contribution in [2.24, 2.45) is 11.8 Å². The van der Waals surface area contributed by atoms with Gasteiger partial charge in [-0.05, 0) is 50.3 Å². The molecule has 0 saturated heterocycles. The van der Waals surface area contributed by atoms with Crippen LogP contribution in [0.5, 0.6) is 11.5 Å². The van der Waals surface area contributed by atoms with E-state index in [0.29, 0.717) is 31.2 Å². The highest BCUT2D eigenvalue weighted by atomic mass is 16.7.